The first-order valence-corrected chi connectivity index (χ1v) is 16.0. The summed E-state index contributed by atoms with van der Waals surface area (Å²) in [5.74, 6) is 7.37. The summed E-state index contributed by atoms with van der Waals surface area (Å²) in [4.78, 5) is 2.41. The molecule has 0 aliphatic carbocycles. The Labute approximate surface area is 220 Å². The van der Waals surface area contributed by atoms with Crippen LogP contribution in [0.2, 0.25) is 13.1 Å². The SMILES string of the molecule is CCN(C/C=C/C#CC(C)(C)C)Cc1cccc(OC(c2ccc(-c3ccccc3)cc2)[SiH](C)C)c1. The first kappa shape index (κ1) is 27.5. The fraction of sp³-hybridized carbons (Fsp3) is 0.333. The van der Waals surface area contributed by atoms with E-state index in [0.717, 1.165) is 25.4 Å². The standard InChI is InChI=1S/C33H41NOSi/c1-7-34(24-13-9-12-23-33(2,3)4)26-27-15-14-18-31(25-27)35-32(36(5)6)30-21-19-29(20-22-30)28-16-10-8-11-17-28/h8-11,13-22,25,32,36H,7,24,26H2,1-6H3/b13-9+. The van der Waals surface area contributed by atoms with Crippen molar-refractivity contribution in [1.82, 2.24) is 4.90 Å². The monoisotopic (exact) mass is 495 g/mol. The van der Waals surface area contributed by atoms with Crippen LogP contribution in [-0.4, -0.2) is 26.8 Å². The van der Waals surface area contributed by atoms with Gasteiger partial charge in [0.2, 0.25) is 0 Å². The van der Waals surface area contributed by atoms with Gasteiger partial charge in [0.1, 0.15) is 11.5 Å². The molecule has 0 aromatic heterocycles. The Balaban J connectivity index is 1.67. The van der Waals surface area contributed by atoms with Gasteiger partial charge in [-0.3, -0.25) is 4.90 Å². The van der Waals surface area contributed by atoms with Crippen molar-refractivity contribution in [1.29, 1.82) is 0 Å². The molecule has 188 valence electrons. The van der Waals surface area contributed by atoms with Gasteiger partial charge in [0.25, 0.3) is 0 Å². The van der Waals surface area contributed by atoms with Gasteiger partial charge in [-0.05, 0) is 67.8 Å². The minimum absolute atomic E-state index is 0.0376. The van der Waals surface area contributed by atoms with Gasteiger partial charge in [0, 0.05) is 18.5 Å². The third-order valence-electron chi connectivity index (χ3n) is 5.98. The Kier molecular flexibility index (Phi) is 10.2. The van der Waals surface area contributed by atoms with Gasteiger partial charge in [-0.15, -0.1) is 0 Å². The van der Waals surface area contributed by atoms with E-state index in [0.29, 0.717) is 0 Å². The number of nitrogens with zero attached hydrogens (tertiary/aromatic N) is 1. The number of benzene rings is 3. The number of ether oxygens (including phenoxy) is 1. The number of allylic oxidation sites excluding steroid dienone is 1. The Hall–Kier alpha value is -3.06. The molecule has 3 rings (SSSR count). The molecule has 0 radical (unpaired) electrons. The highest BCUT2D eigenvalue weighted by molar-refractivity contribution is 6.57. The molecule has 36 heavy (non-hydrogen) atoms. The number of rotatable bonds is 10. The topological polar surface area (TPSA) is 12.5 Å². The second kappa shape index (κ2) is 13.3. The van der Waals surface area contributed by atoms with Gasteiger partial charge in [0.15, 0.2) is 0 Å². The van der Waals surface area contributed by atoms with Crippen LogP contribution >= 0.6 is 0 Å². The predicted octanol–water partition coefficient (Wildman–Crippen LogP) is 7.93. The molecule has 0 spiro atoms. The van der Waals surface area contributed by atoms with Gasteiger partial charge in [-0.2, -0.15) is 0 Å². The first-order valence-electron chi connectivity index (χ1n) is 13.1. The Morgan fingerprint density at radius 1 is 0.917 bits per heavy atom. The van der Waals surface area contributed by atoms with Gasteiger partial charge in [-0.25, -0.2) is 0 Å². The summed E-state index contributed by atoms with van der Waals surface area (Å²) >= 11 is 0. The molecular weight excluding hydrogens is 454 g/mol. The molecule has 3 heteroatoms. The van der Waals surface area contributed by atoms with Crippen LogP contribution in [0.25, 0.3) is 11.1 Å². The lowest BCUT2D eigenvalue weighted by atomic mass is 9.98. The highest BCUT2D eigenvalue weighted by Gasteiger charge is 2.19. The van der Waals surface area contributed by atoms with Crippen molar-refractivity contribution in [3.8, 4) is 28.7 Å². The van der Waals surface area contributed by atoms with Crippen molar-refractivity contribution in [3.63, 3.8) is 0 Å². The third-order valence-corrected chi connectivity index (χ3v) is 7.71. The second-order valence-corrected chi connectivity index (χ2v) is 13.8. The molecule has 0 saturated heterocycles. The molecule has 1 atom stereocenters. The van der Waals surface area contributed by atoms with E-state index in [1.165, 1.54) is 22.3 Å². The zero-order valence-electron chi connectivity index (χ0n) is 22.8. The van der Waals surface area contributed by atoms with Gasteiger partial charge in [-0.1, -0.05) is 105 Å². The minimum atomic E-state index is -1.11. The molecule has 2 nitrogen and oxygen atoms in total. The van der Waals surface area contributed by atoms with Crippen LogP contribution in [0.4, 0.5) is 0 Å². The maximum Gasteiger partial charge on any atom is 0.120 e. The zero-order chi connectivity index (χ0) is 26.0. The van der Waals surface area contributed by atoms with Crippen molar-refractivity contribution < 1.29 is 4.74 Å². The quantitative estimate of drug-likeness (QED) is 0.209. The Morgan fingerprint density at radius 2 is 1.61 bits per heavy atom. The second-order valence-electron chi connectivity index (χ2n) is 10.7. The van der Waals surface area contributed by atoms with E-state index in [1.54, 1.807) is 0 Å². The summed E-state index contributed by atoms with van der Waals surface area (Å²) in [5.41, 5.74) is 5.19. The summed E-state index contributed by atoms with van der Waals surface area (Å²) in [6, 6.07) is 28.0. The highest BCUT2D eigenvalue weighted by atomic mass is 28.3. The number of hydrogen-bond donors (Lipinski definition) is 0. The smallest absolute Gasteiger partial charge is 0.120 e. The summed E-state index contributed by atoms with van der Waals surface area (Å²) in [6.45, 7) is 16.1. The van der Waals surface area contributed by atoms with E-state index in [4.69, 9.17) is 4.74 Å². The lowest BCUT2D eigenvalue weighted by Gasteiger charge is -2.24. The highest BCUT2D eigenvalue weighted by Crippen LogP contribution is 2.28. The summed E-state index contributed by atoms with van der Waals surface area (Å²) in [5, 5.41) is 0. The van der Waals surface area contributed by atoms with E-state index < -0.39 is 8.80 Å². The third kappa shape index (κ3) is 8.86. The fourth-order valence-electron chi connectivity index (χ4n) is 4.03. The predicted molar refractivity (Wildman–Crippen MR) is 158 cm³/mol. The minimum Gasteiger partial charge on any atom is -0.490 e. The Morgan fingerprint density at radius 3 is 2.25 bits per heavy atom. The van der Waals surface area contributed by atoms with Gasteiger partial charge >= 0.3 is 0 Å². The van der Waals surface area contributed by atoms with Crippen LogP contribution < -0.4 is 4.74 Å². The maximum absolute atomic E-state index is 6.62. The largest absolute Gasteiger partial charge is 0.490 e. The molecule has 0 aliphatic rings. The van der Waals surface area contributed by atoms with E-state index in [-0.39, 0.29) is 11.1 Å². The molecule has 0 amide bonds. The number of hydrogen-bond acceptors (Lipinski definition) is 2. The lowest BCUT2D eigenvalue weighted by Crippen LogP contribution is -2.23. The van der Waals surface area contributed by atoms with Crippen molar-refractivity contribution in [2.45, 2.75) is 53.1 Å². The normalized spacial score (nSPS) is 12.6. The first-order chi connectivity index (χ1) is 17.2. The van der Waals surface area contributed by atoms with Crippen molar-refractivity contribution in [2.75, 3.05) is 13.1 Å². The van der Waals surface area contributed by atoms with E-state index in [2.05, 4.69) is 142 Å². The molecule has 0 N–H and O–H groups in total. The maximum atomic E-state index is 6.62. The average molecular weight is 496 g/mol. The molecule has 0 bridgehead atoms. The van der Waals surface area contributed by atoms with Crippen molar-refractivity contribution in [3.05, 3.63) is 102 Å². The summed E-state index contributed by atoms with van der Waals surface area (Å²) < 4.78 is 6.62. The van der Waals surface area contributed by atoms with Crippen LogP contribution in [-0.2, 0) is 6.54 Å². The number of likely N-dealkylation sites (N-methyl/N-ethyl adjacent to an activating group) is 1. The van der Waals surface area contributed by atoms with Crippen LogP contribution in [0.3, 0.4) is 0 Å². The molecular formula is C33H41NOSi. The van der Waals surface area contributed by atoms with E-state index in [9.17, 15) is 0 Å². The average Bonchev–Trinajstić information content (AvgIpc) is 2.86. The molecule has 0 aliphatic heterocycles. The van der Waals surface area contributed by atoms with Crippen LogP contribution in [0.5, 0.6) is 5.75 Å². The molecule has 1 unspecified atom stereocenters. The zero-order valence-corrected chi connectivity index (χ0v) is 23.9. The van der Waals surface area contributed by atoms with E-state index >= 15 is 0 Å². The van der Waals surface area contributed by atoms with Crippen molar-refractivity contribution >= 4 is 8.80 Å². The van der Waals surface area contributed by atoms with E-state index in [1.807, 2.05) is 6.08 Å². The van der Waals surface area contributed by atoms with Crippen LogP contribution in [0.15, 0.2) is 91.0 Å². The summed E-state index contributed by atoms with van der Waals surface area (Å²) in [6.07, 6.45) is 4.14. The fourth-order valence-corrected chi connectivity index (χ4v) is 5.45. The Bertz CT molecular complexity index is 1160. The van der Waals surface area contributed by atoms with Gasteiger partial charge in [0.05, 0.1) is 8.80 Å². The molecule has 3 aromatic rings. The molecule has 0 saturated carbocycles. The van der Waals surface area contributed by atoms with Crippen LogP contribution in [0.1, 0.15) is 44.5 Å². The van der Waals surface area contributed by atoms with Gasteiger partial charge < -0.3 is 4.74 Å². The molecule has 0 heterocycles. The molecule has 0 fully saturated rings. The van der Waals surface area contributed by atoms with Crippen molar-refractivity contribution in [2.24, 2.45) is 5.41 Å². The summed E-state index contributed by atoms with van der Waals surface area (Å²) in [7, 11) is -1.11. The molecule has 3 aromatic carbocycles. The van der Waals surface area contributed by atoms with Crippen LogP contribution in [0, 0.1) is 17.3 Å². The lowest BCUT2D eigenvalue weighted by molar-refractivity contribution is 0.278.